The number of imidazole rings is 1. The number of ether oxygens (including phenoxy) is 1. The van der Waals surface area contributed by atoms with Crippen molar-refractivity contribution in [2.75, 3.05) is 12.3 Å². The van der Waals surface area contributed by atoms with Gasteiger partial charge in [0.05, 0.1) is 19.3 Å². The Morgan fingerprint density at radius 1 is 1.39 bits per heavy atom. The quantitative estimate of drug-likeness (QED) is 0.686. The minimum atomic E-state index is -0.863. The number of nitrogen functional groups attached to an aromatic ring is 1. The minimum Gasteiger partial charge on any atom is -0.382 e. The van der Waals surface area contributed by atoms with Crippen molar-refractivity contribution in [2.24, 2.45) is 0 Å². The lowest BCUT2D eigenvalue weighted by Crippen LogP contribution is -2.11. The van der Waals surface area contributed by atoms with Crippen LogP contribution in [0.5, 0.6) is 0 Å². The van der Waals surface area contributed by atoms with Gasteiger partial charge in [-0.25, -0.2) is 4.98 Å². The highest BCUT2D eigenvalue weighted by molar-refractivity contribution is 9.10. The second-order valence-corrected chi connectivity index (χ2v) is 4.71. The number of nitrogens with two attached hydrogens (primary N) is 1. The molecule has 0 spiro atoms. The molecule has 0 atom stereocenters. The number of fused-ring (bicyclic) bond motifs is 1. The van der Waals surface area contributed by atoms with Crippen LogP contribution in [0.3, 0.4) is 0 Å². The highest BCUT2D eigenvalue weighted by Gasteiger charge is 2.15. The maximum atomic E-state index is 13.1. The third kappa shape index (κ3) is 2.59. The molecule has 2 aromatic heterocycles. The lowest BCUT2D eigenvalue weighted by Gasteiger charge is -2.09. The van der Waals surface area contributed by atoms with Crippen LogP contribution in [0.2, 0.25) is 0 Å². The Morgan fingerprint density at radius 2 is 2.11 bits per heavy atom. The normalized spacial score (nSPS) is 11.6. The zero-order valence-electron chi connectivity index (χ0n) is 10.0. The number of aromatic nitrogens is 4. The van der Waals surface area contributed by atoms with E-state index in [1.807, 2.05) is 13.8 Å². The molecule has 2 heterocycles. The van der Waals surface area contributed by atoms with Gasteiger partial charge in [-0.2, -0.15) is 14.4 Å². The van der Waals surface area contributed by atoms with Crippen LogP contribution in [0.1, 0.15) is 13.8 Å². The van der Waals surface area contributed by atoms with E-state index in [0.29, 0.717) is 29.0 Å². The van der Waals surface area contributed by atoms with Crippen LogP contribution in [-0.4, -0.2) is 32.2 Å². The Hall–Kier alpha value is -1.28. The second kappa shape index (κ2) is 5.15. The second-order valence-electron chi connectivity index (χ2n) is 4.00. The van der Waals surface area contributed by atoms with Crippen LogP contribution in [0.15, 0.2) is 4.73 Å². The third-order valence-electron chi connectivity index (χ3n) is 2.31. The predicted octanol–water partition coefficient (Wildman–Crippen LogP) is 1.74. The monoisotopic (exact) mass is 317 g/mol. The first kappa shape index (κ1) is 13.2. The smallest absolute Gasteiger partial charge is 0.312 e. The van der Waals surface area contributed by atoms with Crippen LogP contribution in [0.4, 0.5) is 10.2 Å². The fraction of sp³-hybridized carbons (Fsp3) is 0.500. The van der Waals surface area contributed by atoms with Crippen molar-refractivity contribution in [3.8, 4) is 0 Å². The third-order valence-corrected chi connectivity index (χ3v) is 2.92. The lowest BCUT2D eigenvalue weighted by molar-refractivity contribution is 0.0729. The Labute approximate surface area is 112 Å². The van der Waals surface area contributed by atoms with Crippen molar-refractivity contribution in [2.45, 2.75) is 26.5 Å². The van der Waals surface area contributed by atoms with Crippen molar-refractivity contribution >= 4 is 32.9 Å². The summed E-state index contributed by atoms with van der Waals surface area (Å²) in [7, 11) is 0. The van der Waals surface area contributed by atoms with Crippen molar-refractivity contribution in [1.29, 1.82) is 0 Å². The summed E-state index contributed by atoms with van der Waals surface area (Å²) < 4.78 is 20.8. The van der Waals surface area contributed by atoms with Crippen LogP contribution < -0.4 is 5.73 Å². The molecule has 0 aliphatic carbocycles. The first-order valence-corrected chi connectivity index (χ1v) is 6.24. The number of rotatable bonds is 4. The molecule has 8 heteroatoms. The Bertz CT molecular complexity index is 571. The number of anilines is 1. The van der Waals surface area contributed by atoms with E-state index in [1.54, 1.807) is 4.57 Å². The molecule has 6 nitrogen and oxygen atoms in total. The highest BCUT2D eigenvalue weighted by atomic mass is 79.9. The molecule has 98 valence electrons. The van der Waals surface area contributed by atoms with Gasteiger partial charge in [0.2, 0.25) is 0 Å². The average molecular weight is 318 g/mol. The molecule has 0 saturated carbocycles. The molecule has 2 rings (SSSR count). The highest BCUT2D eigenvalue weighted by Crippen LogP contribution is 2.22. The molecule has 0 amide bonds. The summed E-state index contributed by atoms with van der Waals surface area (Å²) in [5.41, 5.74) is 6.34. The van der Waals surface area contributed by atoms with Gasteiger partial charge in [0.15, 0.2) is 21.7 Å². The fourth-order valence-electron chi connectivity index (χ4n) is 1.55. The zero-order valence-corrected chi connectivity index (χ0v) is 11.6. The van der Waals surface area contributed by atoms with Gasteiger partial charge in [-0.05, 0) is 29.8 Å². The fourth-order valence-corrected chi connectivity index (χ4v) is 2.07. The van der Waals surface area contributed by atoms with Gasteiger partial charge in [0.1, 0.15) is 0 Å². The molecule has 0 bridgehead atoms. The van der Waals surface area contributed by atoms with Crippen molar-refractivity contribution in [3.05, 3.63) is 10.8 Å². The van der Waals surface area contributed by atoms with E-state index in [4.69, 9.17) is 10.5 Å². The molecule has 2 N–H and O–H groups in total. The summed E-state index contributed by atoms with van der Waals surface area (Å²) in [5.74, 6) is 0.0294. The summed E-state index contributed by atoms with van der Waals surface area (Å²) in [6, 6.07) is 0. The van der Waals surface area contributed by atoms with Gasteiger partial charge in [-0.3, -0.25) is 0 Å². The van der Waals surface area contributed by atoms with E-state index >= 15 is 0 Å². The van der Waals surface area contributed by atoms with Gasteiger partial charge in [0, 0.05) is 0 Å². The topological polar surface area (TPSA) is 78.9 Å². The maximum Gasteiger partial charge on any atom is 0.312 e. The van der Waals surface area contributed by atoms with Crippen LogP contribution in [-0.2, 0) is 11.3 Å². The molecule has 0 fully saturated rings. The minimum absolute atomic E-state index is 0.0294. The summed E-state index contributed by atoms with van der Waals surface area (Å²) in [6.07, 6.45) is -0.728. The van der Waals surface area contributed by atoms with Crippen LogP contribution in [0.25, 0.3) is 11.2 Å². The lowest BCUT2D eigenvalue weighted by atomic mass is 10.5. The number of nitrogens with zero attached hydrogens (tertiary/aromatic N) is 4. The van der Waals surface area contributed by atoms with E-state index in [2.05, 4.69) is 30.9 Å². The van der Waals surface area contributed by atoms with Gasteiger partial charge < -0.3 is 15.0 Å². The number of halogens is 2. The molecule has 2 aromatic rings. The Morgan fingerprint density at radius 3 is 2.78 bits per heavy atom. The van der Waals surface area contributed by atoms with Gasteiger partial charge in [0.25, 0.3) is 0 Å². The van der Waals surface area contributed by atoms with Crippen molar-refractivity contribution < 1.29 is 9.13 Å². The number of hydrogen-bond donors (Lipinski definition) is 1. The Balaban J connectivity index is 2.34. The standard InChI is InChI=1S/C10H13BrFN5O/c1-5(2)18-4-3-17-8-6(14-9(17)11)7(13)15-10(12)16-8/h5H,3-4H2,1-2H3,(H2,13,15,16). The molecule has 0 aromatic carbocycles. The van der Waals surface area contributed by atoms with E-state index in [1.165, 1.54) is 0 Å². The molecular weight excluding hydrogens is 305 g/mol. The Kier molecular flexibility index (Phi) is 3.76. The van der Waals surface area contributed by atoms with Crippen LogP contribution in [0, 0.1) is 6.08 Å². The first-order chi connectivity index (χ1) is 8.49. The van der Waals surface area contributed by atoms with E-state index in [9.17, 15) is 4.39 Å². The number of hydrogen-bond acceptors (Lipinski definition) is 5. The van der Waals surface area contributed by atoms with Gasteiger partial charge >= 0.3 is 6.08 Å². The van der Waals surface area contributed by atoms with Crippen LogP contribution >= 0.6 is 15.9 Å². The molecular formula is C10H13BrFN5O. The molecule has 0 aliphatic heterocycles. The maximum absolute atomic E-state index is 13.1. The summed E-state index contributed by atoms with van der Waals surface area (Å²) in [5, 5.41) is 0. The van der Waals surface area contributed by atoms with E-state index in [0.717, 1.165) is 0 Å². The van der Waals surface area contributed by atoms with E-state index < -0.39 is 6.08 Å². The molecule has 18 heavy (non-hydrogen) atoms. The molecule has 0 unspecified atom stereocenters. The zero-order chi connectivity index (χ0) is 13.3. The summed E-state index contributed by atoms with van der Waals surface area (Å²) in [6.45, 7) is 4.88. The SMILES string of the molecule is CC(C)OCCn1c(Br)nc2c(N)nc(F)nc21. The summed E-state index contributed by atoms with van der Waals surface area (Å²) >= 11 is 3.29. The average Bonchev–Trinajstić information content (AvgIpc) is 2.56. The van der Waals surface area contributed by atoms with Crippen molar-refractivity contribution in [1.82, 2.24) is 19.5 Å². The van der Waals surface area contributed by atoms with Crippen molar-refractivity contribution in [3.63, 3.8) is 0 Å². The molecule has 0 aliphatic rings. The first-order valence-electron chi connectivity index (χ1n) is 5.45. The predicted molar refractivity (Wildman–Crippen MR) is 68.5 cm³/mol. The molecule has 0 saturated heterocycles. The largest absolute Gasteiger partial charge is 0.382 e. The molecule has 0 radical (unpaired) electrons. The van der Waals surface area contributed by atoms with E-state index in [-0.39, 0.29) is 11.9 Å². The van der Waals surface area contributed by atoms with Gasteiger partial charge in [-0.1, -0.05) is 0 Å². The van der Waals surface area contributed by atoms with Gasteiger partial charge in [-0.15, -0.1) is 0 Å². The summed E-state index contributed by atoms with van der Waals surface area (Å²) in [4.78, 5) is 11.3.